The lowest BCUT2D eigenvalue weighted by atomic mass is 10.1. The lowest BCUT2D eigenvalue weighted by molar-refractivity contribution is -0.124. The van der Waals surface area contributed by atoms with Crippen molar-refractivity contribution in [3.8, 4) is 0 Å². The molecule has 2 amide bonds. The number of nitrogens with one attached hydrogen (secondary N) is 1. The van der Waals surface area contributed by atoms with Crippen LogP contribution in [0, 0.1) is 0 Å². The monoisotopic (exact) mass is 361 g/mol. The number of carbonyl (C=O) groups excluding carboxylic acids is 2. The minimum absolute atomic E-state index is 0.248. The van der Waals surface area contributed by atoms with Gasteiger partial charge in [0, 0.05) is 18.5 Å². The topological polar surface area (TPSA) is 71.5 Å². The largest absolute Gasteiger partial charge is 0.439 e. The molecule has 0 spiro atoms. The lowest BCUT2D eigenvalue weighted by Gasteiger charge is -2.25. The number of likely N-dealkylation sites (tertiary alicyclic amines) is 1. The van der Waals surface area contributed by atoms with Gasteiger partial charge in [-0.3, -0.25) is 4.79 Å². The van der Waals surface area contributed by atoms with Crippen molar-refractivity contribution in [3.05, 3.63) is 15.0 Å². The van der Waals surface area contributed by atoms with Crippen molar-refractivity contribution >= 4 is 39.3 Å². The minimum Gasteiger partial charge on any atom is -0.439 e. The molecule has 110 valence electrons. The van der Waals surface area contributed by atoms with Gasteiger partial charge in [-0.1, -0.05) is 0 Å². The third kappa shape index (κ3) is 4.75. The zero-order valence-corrected chi connectivity index (χ0v) is 13.3. The Morgan fingerprint density at radius 1 is 1.40 bits per heavy atom. The van der Waals surface area contributed by atoms with Gasteiger partial charge in [0.1, 0.15) is 9.61 Å². The van der Waals surface area contributed by atoms with Crippen LogP contribution in [0.2, 0.25) is 0 Å². The second-order valence-electron chi connectivity index (χ2n) is 4.44. The van der Waals surface area contributed by atoms with Crippen LogP contribution in [0.15, 0.2) is 9.98 Å². The van der Waals surface area contributed by atoms with Gasteiger partial charge in [-0.25, -0.2) is 9.78 Å². The molecule has 2 rings (SSSR count). The number of hydrogen-bond acceptors (Lipinski definition) is 5. The van der Waals surface area contributed by atoms with Gasteiger partial charge in [0.2, 0.25) is 0 Å². The number of halogens is 1. The fourth-order valence-electron chi connectivity index (χ4n) is 1.89. The Labute approximate surface area is 129 Å². The van der Waals surface area contributed by atoms with Crippen LogP contribution in [0.5, 0.6) is 0 Å². The van der Waals surface area contributed by atoms with Crippen molar-refractivity contribution in [2.45, 2.75) is 25.8 Å². The molecule has 1 N–H and O–H groups in total. The summed E-state index contributed by atoms with van der Waals surface area (Å²) in [6.07, 6.45) is 2.74. The normalized spacial score (nSPS) is 14.9. The Kier molecular flexibility index (Phi) is 5.78. The van der Waals surface area contributed by atoms with Gasteiger partial charge in [-0.15, -0.1) is 11.3 Å². The number of amides is 2. The summed E-state index contributed by atoms with van der Waals surface area (Å²) in [4.78, 5) is 29.1. The Morgan fingerprint density at radius 2 is 2.15 bits per heavy atom. The van der Waals surface area contributed by atoms with Gasteiger partial charge in [0.15, 0.2) is 6.61 Å². The molecule has 1 fully saturated rings. The number of nitrogens with zero attached hydrogens (tertiary/aromatic N) is 2. The van der Waals surface area contributed by atoms with E-state index in [0.29, 0.717) is 19.6 Å². The number of hydrogen-bond donors (Lipinski definition) is 1. The average molecular weight is 362 g/mol. The molecule has 0 aliphatic carbocycles. The van der Waals surface area contributed by atoms with Gasteiger partial charge >= 0.3 is 6.09 Å². The SMILES string of the molecule is O=C(COC(=O)N1CCCCC1)NCc1nc(Br)cs1. The van der Waals surface area contributed by atoms with E-state index in [0.717, 1.165) is 28.9 Å². The van der Waals surface area contributed by atoms with E-state index in [9.17, 15) is 9.59 Å². The van der Waals surface area contributed by atoms with E-state index in [1.54, 1.807) is 4.90 Å². The van der Waals surface area contributed by atoms with Crippen molar-refractivity contribution in [2.75, 3.05) is 19.7 Å². The molecule has 0 bridgehead atoms. The highest BCUT2D eigenvalue weighted by Gasteiger charge is 2.18. The van der Waals surface area contributed by atoms with Crippen LogP contribution in [0.3, 0.4) is 0 Å². The summed E-state index contributed by atoms with van der Waals surface area (Å²) < 4.78 is 5.74. The van der Waals surface area contributed by atoms with E-state index in [1.165, 1.54) is 11.3 Å². The molecule has 1 aromatic heterocycles. The molecule has 1 saturated heterocycles. The first-order chi connectivity index (χ1) is 9.65. The Hall–Kier alpha value is -1.15. The van der Waals surface area contributed by atoms with Crippen LogP contribution in [0.1, 0.15) is 24.3 Å². The van der Waals surface area contributed by atoms with Gasteiger partial charge in [-0.05, 0) is 35.2 Å². The molecule has 1 aliphatic rings. The van der Waals surface area contributed by atoms with E-state index in [-0.39, 0.29) is 12.5 Å². The Balaban J connectivity index is 1.65. The predicted molar refractivity (Wildman–Crippen MR) is 78.4 cm³/mol. The molecule has 2 heterocycles. The van der Waals surface area contributed by atoms with E-state index in [1.807, 2.05) is 5.38 Å². The van der Waals surface area contributed by atoms with Gasteiger partial charge in [-0.2, -0.15) is 0 Å². The first-order valence-corrected chi connectivity index (χ1v) is 8.11. The molecule has 0 saturated carbocycles. The molecule has 0 radical (unpaired) electrons. The van der Waals surface area contributed by atoms with Crippen molar-refractivity contribution in [1.29, 1.82) is 0 Å². The number of ether oxygens (including phenoxy) is 1. The third-order valence-electron chi connectivity index (χ3n) is 2.90. The molecule has 0 unspecified atom stereocenters. The van der Waals surface area contributed by atoms with Crippen molar-refractivity contribution in [2.24, 2.45) is 0 Å². The van der Waals surface area contributed by atoms with Gasteiger partial charge in [0.25, 0.3) is 5.91 Å². The summed E-state index contributed by atoms with van der Waals surface area (Å²) >= 11 is 4.69. The summed E-state index contributed by atoms with van der Waals surface area (Å²) in [6.45, 7) is 1.53. The quantitative estimate of drug-likeness (QED) is 0.891. The van der Waals surface area contributed by atoms with E-state index in [2.05, 4.69) is 26.2 Å². The van der Waals surface area contributed by atoms with Crippen LogP contribution in [-0.2, 0) is 16.1 Å². The van der Waals surface area contributed by atoms with Crippen LogP contribution >= 0.6 is 27.3 Å². The predicted octanol–water partition coefficient (Wildman–Crippen LogP) is 2.14. The number of aromatic nitrogens is 1. The highest BCUT2D eigenvalue weighted by Crippen LogP contribution is 2.14. The maximum absolute atomic E-state index is 11.7. The van der Waals surface area contributed by atoms with Crippen LogP contribution in [0.25, 0.3) is 0 Å². The standard InChI is InChI=1S/C12H16BrN3O3S/c13-9-8-20-11(15-9)6-14-10(17)7-19-12(18)16-4-2-1-3-5-16/h8H,1-7H2,(H,14,17). The van der Waals surface area contributed by atoms with Crippen LogP contribution in [-0.4, -0.2) is 41.6 Å². The fraction of sp³-hybridized carbons (Fsp3) is 0.583. The lowest BCUT2D eigenvalue weighted by Crippen LogP contribution is -2.38. The summed E-state index contributed by atoms with van der Waals surface area (Å²) in [5, 5.41) is 5.31. The first-order valence-electron chi connectivity index (χ1n) is 6.43. The molecule has 0 aromatic carbocycles. The number of rotatable bonds is 4. The van der Waals surface area contributed by atoms with Crippen LogP contribution < -0.4 is 5.32 Å². The molecular formula is C12H16BrN3O3S. The molecule has 6 nitrogen and oxygen atoms in total. The molecular weight excluding hydrogens is 346 g/mol. The third-order valence-corrected chi connectivity index (χ3v) is 4.46. The second kappa shape index (κ2) is 7.58. The summed E-state index contributed by atoms with van der Waals surface area (Å²) in [6, 6.07) is 0. The molecule has 20 heavy (non-hydrogen) atoms. The minimum atomic E-state index is -0.406. The zero-order valence-electron chi connectivity index (χ0n) is 10.9. The number of carbonyl (C=O) groups is 2. The highest BCUT2D eigenvalue weighted by molar-refractivity contribution is 9.10. The summed E-state index contributed by atoms with van der Waals surface area (Å²) in [5.41, 5.74) is 0. The maximum atomic E-state index is 11.7. The highest BCUT2D eigenvalue weighted by atomic mass is 79.9. The Morgan fingerprint density at radius 3 is 2.80 bits per heavy atom. The molecule has 8 heteroatoms. The summed E-state index contributed by atoms with van der Waals surface area (Å²) in [5.74, 6) is -0.318. The number of thiazole rings is 1. The van der Waals surface area contributed by atoms with E-state index in [4.69, 9.17) is 4.74 Å². The maximum Gasteiger partial charge on any atom is 0.410 e. The molecule has 1 aliphatic heterocycles. The Bertz CT molecular complexity index is 474. The smallest absolute Gasteiger partial charge is 0.410 e. The summed E-state index contributed by atoms with van der Waals surface area (Å²) in [7, 11) is 0. The van der Waals surface area contributed by atoms with E-state index < -0.39 is 6.09 Å². The second-order valence-corrected chi connectivity index (χ2v) is 6.20. The first kappa shape index (κ1) is 15.2. The van der Waals surface area contributed by atoms with E-state index >= 15 is 0 Å². The average Bonchev–Trinajstić information content (AvgIpc) is 2.89. The van der Waals surface area contributed by atoms with Crippen molar-refractivity contribution in [3.63, 3.8) is 0 Å². The molecule has 1 aromatic rings. The zero-order chi connectivity index (χ0) is 14.4. The fourth-order valence-corrected chi connectivity index (χ4v) is 3.09. The van der Waals surface area contributed by atoms with Gasteiger partial charge in [0.05, 0.1) is 6.54 Å². The van der Waals surface area contributed by atoms with Crippen LogP contribution in [0.4, 0.5) is 4.79 Å². The van der Waals surface area contributed by atoms with Gasteiger partial charge < -0.3 is 15.0 Å². The number of piperidine rings is 1. The van der Waals surface area contributed by atoms with Crippen molar-refractivity contribution in [1.82, 2.24) is 15.2 Å². The molecule has 0 atom stereocenters. The van der Waals surface area contributed by atoms with Crippen molar-refractivity contribution < 1.29 is 14.3 Å².